The van der Waals surface area contributed by atoms with Gasteiger partial charge in [0.1, 0.15) is 5.82 Å². The lowest BCUT2D eigenvalue weighted by Gasteiger charge is -2.15. The van der Waals surface area contributed by atoms with Gasteiger partial charge in [0.05, 0.1) is 11.9 Å². The van der Waals surface area contributed by atoms with Crippen LogP contribution in [-0.4, -0.2) is 38.2 Å². The number of hydrogen-bond acceptors (Lipinski definition) is 4. The zero-order chi connectivity index (χ0) is 13.2. The Bertz CT molecular complexity index is 562. The van der Waals surface area contributed by atoms with Crippen LogP contribution in [0.5, 0.6) is 0 Å². The summed E-state index contributed by atoms with van der Waals surface area (Å²) in [6, 6.07) is 2.00. The van der Waals surface area contributed by atoms with Crippen molar-refractivity contribution in [2.75, 3.05) is 13.1 Å². The fourth-order valence-electron chi connectivity index (χ4n) is 2.80. The Morgan fingerprint density at radius 1 is 1.42 bits per heavy atom. The molecule has 0 unspecified atom stereocenters. The molecule has 0 radical (unpaired) electrons. The molecule has 1 fully saturated rings. The Balaban J connectivity index is 1.65. The van der Waals surface area contributed by atoms with Crippen molar-refractivity contribution in [2.24, 2.45) is 0 Å². The summed E-state index contributed by atoms with van der Waals surface area (Å²) < 4.78 is 0. The fraction of sp³-hybridized carbons (Fsp3) is 0.500. The van der Waals surface area contributed by atoms with Crippen molar-refractivity contribution in [3.8, 4) is 0 Å². The van der Waals surface area contributed by atoms with Gasteiger partial charge in [0.25, 0.3) is 0 Å². The number of aryl methyl sites for hydroxylation is 2. The predicted octanol–water partition coefficient (Wildman–Crippen LogP) is 1.81. The van der Waals surface area contributed by atoms with E-state index >= 15 is 0 Å². The van der Waals surface area contributed by atoms with Crippen LogP contribution < -0.4 is 0 Å². The normalized spacial score (nSPS) is 20.0. The number of H-pyrrole nitrogens is 1. The molecule has 0 bridgehead atoms. The standard InChI is InChI=1S/C14H19N5/c1-10-7-16-18-14(10)12-4-6-19(8-12)9-13-3-5-15-11(2)17-13/h3,5,7,12H,4,6,8-9H2,1-2H3,(H,16,18)/t12-/m1/s1. The third-order valence-corrected chi connectivity index (χ3v) is 3.77. The molecule has 1 atom stereocenters. The summed E-state index contributed by atoms with van der Waals surface area (Å²) in [7, 11) is 0. The van der Waals surface area contributed by atoms with Gasteiger partial charge in [-0.05, 0) is 38.4 Å². The third-order valence-electron chi connectivity index (χ3n) is 3.77. The molecule has 3 rings (SSSR count). The van der Waals surface area contributed by atoms with Gasteiger partial charge < -0.3 is 0 Å². The average molecular weight is 257 g/mol. The molecular formula is C14H19N5. The highest BCUT2D eigenvalue weighted by Gasteiger charge is 2.26. The van der Waals surface area contributed by atoms with Crippen LogP contribution in [-0.2, 0) is 6.54 Å². The molecule has 0 aromatic carbocycles. The monoisotopic (exact) mass is 257 g/mol. The van der Waals surface area contributed by atoms with E-state index in [0.29, 0.717) is 5.92 Å². The summed E-state index contributed by atoms with van der Waals surface area (Å²) in [6.07, 6.45) is 4.93. The second kappa shape index (κ2) is 5.09. The molecule has 19 heavy (non-hydrogen) atoms. The summed E-state index contributed by atoms with van der Waals surface area (Å²) in [4.78, 5) is 11.1. The van der Waals surface area contributed by atoms with Crippen LogP contribution in [0, 0.1) is 13.8 Å². The lowest BCUT2D eigenvalue weighted by molar-refractivity contribution is 0.321. The van der Waals surface area contributed by atoms with Crippen LogP contribution in [0.3, 0.4) is 0 Å². The Morgan fingerprint density at radius 2 is 2.32 bits per heavy atom. The van der Waals surface area contributed by atoms with Crippen LogP contribution in [0.4, 0.5) is 0 Å². The van der Waals surface area contributed by atoms with Crippen LogP contribution in [0.1, 0.15) is 35.1 Å². The first-order chi connectivity index (χ1) is 9.22. The summed E-state index contributed by atoms with van der Waals surface area (Å²) in [5.74, 6) is 1.42. The molecule has 1 saturated heterocycles. The number of hydrogen-bond donors (Lipinski definition) is 1. The Morgan fingerprint density at radius 3 is 3.05 bits per heavy atom. The number of nitrogens with one attached hydrogen (secondary N) is 1. The van der Waals surface area contributed by atoms with Gasteiger partial charge in [0.15, 0.2) is 0 Å². The minimum Gasteiger partial charge on any atom is -0.297 e. The first-order valence-corrected chi connectivity index (χ1v) is 6.73. The van der Waals surface area contributed by atoms with Crippen molar-refractivity contribution >= 4 is 0 Å². The number of nitrogens with zero attached hydrogens (tertiary/aromatic N) is 4. The van der Waals surface area contributed by atoms with Gasteiger partial charge in [-0.1, -0.05) is 0 Å². The van der Waals surface area contributed by atoms with Gasteiger partial charge in [-0.3, -0.25) is 10.00 Å². The average Bonchev–Trinajstić information content (AvgIpc) is 2.98. The maximum Gasteiger partial charge on any atom is 0.125 e. The van der Waals surface area contributed by atoms with E-state index in [-0.39, 0.29) is 0 Å². The lowest BCUT2D eigenvalue weighted by atomic mass is 10.0. The maximum atomic E-state index is 4.47. The minimum absolute atomic E-state index is 0.574. The smallest absolute Gasteiger partial charge is 0.125 e. The number of aromatic nitrogens is 4. The number of aromatic amines is 1. The van der Waals surface area contributed by atoms with E-state index in [2.05, 4.69) is 32.0 Å². The molecule has 2 aromatic rings. The molecule has 0 spiro atoms. The Labute approximate surface area is 113 Å². The molecule has 5 heteroatoms. The first-order valence-electron chi connectivity index (χ1n) is 6.73. The van der Waals surface area contributed by atoms with E-state index in [1.54, 1.807) is 0 Å². The summed E-state index contributed by atoms with van der Waals surface area (Å²) in [5, 5.41) is 7.26. The topological polar surface area (TPSA) is 57.7 Å². The van der Waals surface area contributed by atoms with Crippen LogP contribution in [0.2, 0.25) is 0 Å². The van der Waals surface area contributed by atoms with Gasteiger partial charge in [-0.25, -0.2) is 9.97 Å². The Kier molecular flexibility index (Phi) is 3.29. The molecule has 0 aliphatic carbocycles. The summed E-state index contributed by atoms with van der Waals surface area (Å²) in [6.45, 7) is 7.16. The van der Waals surface area contributed by atoms with Gasteiger partial charge in [0, 0.05) is 30.9 Å². The van der Waals surface area contributed by atoms with Crippen molar-refractivity contribution in [1.29, 1.82) is 0 Å². The van der Waals surface area contributed by atoms with Crippen LogP contribution in [0.25, 0.3) is 0 Å². The lowest BCUT2D eigenvalue weighted by Crippen LogP contribution is -2.20. The van der Waals surface area contributed by atoms with Crippen molar-refractivity contribution in [1.82, 2.24) is 25.1 Å². The Hall–Kier alpha value is -1.75. The van der Waals surface area contributed by atoms with Crippen LogP contribution in [0.15, 0.2) is 18.5 Å². The van der Waals surface area contributed by atoms with Crippen molar-refractivity contribution in [2.45, 2.75) is 32.7 Å². The van der Waals surface area contributed by atoms with E-state index in [9.17, 15) is 0 Å². The summed E-state index contributed by atoms with van der Waals surface area (Å²) >= 11 is 0. The summed E-state index contributed by atoms with van der Waals surface area (Å²) in [5.41, 5.74) is 3.67. The van der Waals surface area contributed by atoms with Gasteiger partial charge in [-0.15, -0.1) is 0 Å². The molecule has 0 amide bonds. The quantitative estimate of drug-likeness (QED) is 0.911. The van der Waals surface area contributed by atoms with E-state index < -0.39 is 0 Å². The molecule has 100 valence electrons. The molecule has 1 aliphatic heterocycles. The molecular weight excluding hydrogens is 238 g/mol. The zero-order valence-electron chi connectivity index (χ0n) is 11.4. The van der Waals surface area contributed by atoms with E-state index in [1.165, 1.54) is 17.7 Å². The predicted molar refractivity (Wildman–Crippen MR) is 72.7 cm³/mol. The highest BCUT2D eigenvalue weighted by Crippen LogP contribution is 2.28. The van der Waals surface area contributed by atoms with Gasteiger partial charge in [-0.2, -0.15) is 5.10 Å². The number of rotatable bonds is 3. The highest BCUT2D eigenvalue weighted by atomic mass is 15.2. The van der Waals surface area contributed by atoms with Gasteiger partial charge >= 0.3 is 0 Å². The molecule has 3 heterocycles. The molecule has 1 N–H and O–H groups in total. The van der Waals surface area contributed by atoms with Crippen molar-refractivity contribution in [3.05, 3.63) is 41.2 Å². The van der Waals surface area contributed by atoms with E-state index in [1.807, 2.05) is 25.4 Å². The largest absolute Gasteiger partial charge is 0.297 e. The SMILES string of the molecule is Cc1nccc(CN2CC[C@@H](c3[nH]ncc3C)C2)n1. The number of likely N-dealkylation sites (tertiary alicyclic amines) is 1. The first kappa shape index (κ1) is 12.3. The molecule has 1 aliphatic rings. The fourth-order valence-corrected chi connectivity index (χ4v) is 2.80. The second-order valence-corrected chi connectivity index (χ2v) is 5.28. The third kappa shape index (κ3) is 2.66. The molecule has 0 saturated carbocycles. The van der Waals surface area contributed by atoms with E-state index in [0.717, 1.165) is 31.2 Å². The molecule has 5 nitrogen and oxygen atoms in total. The van der Waals surface area contributed by atoms with Gasteiger partial charge in [0.2, 0.25) is 0 Å². The van der Waals surface area contributed by atoms with Crippen molar-refractivity contribution in [3.63, 3.8) is 0 Å². The highest BCUT2D eigenvalue weighted by molar-refractivity contribution is 5.20. The van der Waals surface area contributed by atoms with Crippen LogP contribution >= 0.6 is 0 Å². The van der Waals surface area contributed by atoms with Crippen molar-refractivity contribution < 1.29 is 0 Å². The zero-order valence-corrected chi connectivity index (χ0v) is 11.4. The minimum atomic E-state index is 0.574. The maximum absolute atomic E-state index is 4.47. The molecule has 2 aromatic heterocycles. The second-order valence-electron chi connectivity index (χ2n) is 5.28. The van der Waals surface area contributed by atoms with E-state index in [4.69, 9.17) is 0 Å².